The number of rotatable bonds is 7. The van der Waals surface area contributed by atoms with E-state index in [-0.39, 0.29) is 18.1 Å². The van der Waals surface area contributed by atoms with Crippen molar-refractivity contribution < 1.29 is 9.90 Å². The van der Waals surface area contributed by atoms with Crippen molar-refractivity contribution >= 4 is 6.03 Å². The fraction of sp³-hybridized carbons (Fsp3) is 0.650. The van der Waals surface area contributed by atoms with E-state index in [1.54, 1.807) is 0 Å². The van der Waals surface area contributed by atoms with Gasteiger partial charge in [0.15, 0.2) is 0 Å². The highest BCUT2D eigenvalue weighted by atomic mass is 16.3. The first kappa shape index (κ1) is 18.2. The summed E-state index contributed by atoms with van der Waals surface area (Å²) in [5.41, 5.74) is 2.42. The lowest BCUT2D eigenvalue weighted by Crippen LogP contribution is -2.40. The lowest BCUT2D eigenvalue weighted by atomic mass is 10.0. The molecule has 1 aliphatic carbocycles. The van der Waals surface area contributed by atoms with Crippen LogP contribution in [-0.4, -0.2) is 41.8 Å². The van der Waals surface area contributed by atoms with Crippen molar-refractivity contribution in [2.45, 2.75) is 58.2 Å². The molecule has 1 saturated carbocycles. The third-order valence-corrected chi connectivity index (χ3v) is 5.79. The van der Waals surface area contributed by atoms with Gasteiger partial charge in [-0.05, 0) is 50.3 Å². The van der Waals surface area contributed by atoms with E-state index in [1.807, 2.05) is 6.07 Å². The van der Waals surface area contributed by atoms with E-state index in [0.29, 0.717) is 19.1 Å². The van der Waals surface area contributed by atoms with Crippen molar-refractivity contribution in [3.05, 3.63) is 35.4 Å². The van der Waals surface area contributed by atoms with E-state index in [2.05, 4.69) is 40.7 Å². The summed E-state index contributed by atoms with van der Waals surface area (Å²) in [7, 11) is 0. The van der Waals surface area contributed by atoms with Crippen molar-refractivity contribution in [3.8, 4) is 0 Å². The molecule has 1 aromatic rings. The summed E-state index contributed by atoms with van der Waals surface area (Å²) in [4.78, 5) is 14.6. The molecular formula is C20H31N3O2. The summed E-state index contributed by atoms with van der Waals surface area (Å²) < 4.78 is 0. The molecule has 3 N–H and O–H groups in total. The van der Waals surface area contributed by atoms with Gasteiger partial charge in [0.25, 0.3) is 0 Å². The first-order chi connectivity index (χ1) is 12.1. The second kappa shape index (κ2) is 8.19. The Balaban J connectivity index is 1.51. The second-order valence-corrected chi connectivity index (χ2v) is 7.78. The van der Waals surface area contributed by atoms with Gasteiger partial charge in [-0.2, -0.15) is 0 Å². The summed E-state index contributed by atoms with van der Waals surface area (Å²) in [5.74, 6) is 0. The number of carbonyl (C=O) groups excluding carboxylic acids is 1. The van der Waals surface area contributed by atoms with Crippen LogP contribution < -0.4 is 10.6 Å². The first-order valence-electron chi connectivity index (χ1n) is 9.55. The van der Waals surface area contributed by atoms with Gasteiger partial charge in [0.05, 0.1) is 6.61 Å². The number of urea groups is 1. The Bertz CT molecular complexity index is 586. The molecule has 2 amide bonds. The highest BCUT2D eigenvalue weighted by Crippen LogP contribution is 2.44. The van der Waals surface area contributed by atoms with E-state index >= 15 is 0 Å². The van der Waals surface area contributed by atoms with Crippen molar-refractivity contribution in [3.63, 3.8) is 0 Å². The fourth-order valence-electron chi connectivity index (χ4n) is 3.57. The number of nitrogens with zero attached hydrogens (tertiary/aromatic N) is 1. The van der Waals surface area contributed by atoms with E-state index in [0.717, 1.165) is 25.9 Å². The average molecular weight is 345 g/mol. The van der Waals surface area contributed by atoms with E-state index in [4.69, 9.17) is 0 Å². The van der Waals surface area contributed by atoms with Crippen LogP contribution in [0.15, 0.2) is 24.3 Å². The molecule has 0 spiro atoms. The first-order valence-corrected chi connectivity index (χ1v) is 9.55. The zero-order chi connectivity index (χ0) is 17.7. The van der Waals surface area contributed by atoms with Crippen molar-refractivity contribution in [1.29, 1.82) is 0 Å². The molecule has 2 fully saturated rings. The average Bonchev–Trinajstić information content (AvgIpc) is 3.42. The van der Waals surface area contributed by atoms with E-state index in [9.17, 15) is 9.90 Å². The highest BCUT2D eigenvalue weighted by molar-refractivity contribution is 5.74. The number of likely N-dealkylation sites (tertiary alicyclic amines) is 1. The Morgan fingerprint density at radius 2 is 2.00 bits per heavy atom. The Morgan fingerprint density at radius 3 is 2.68 bits per heavy atom. The number of amides is 2. The molecule has 1 saturated heterocycles. The Labute approximate surface area is 150 Å². The number of aliphatic hydroxyl groups is 1. The lowest BCUT2D eigenvalue weighted by molar-refractivity contribution is 0.152. The molecule has 3 rings (SSSR count). The van der Waals surface area contributed by atoms with Gasteiger partial charge in [0, 0.05) is 31.1 Å². The molecule has 5 nitrogen and oxygen atoms in total. The molecule has 0 aromatic heterocycles. The van der Waals surface area contributed by atoms with Gasteiger partial charge in [-0.15, -0.1) is 0 Å². The largest absolute Gasteiger partial charge is 0.396 e. The molecule has 2 aliphatic rings. The predicted octanol–water partition coefficient (Wildman–Crippen LogP) is 2.63. The van der Waals surface area contributed by atoms with Gasteiger partial charge in [-0.25, -0.2) is 4.79 Å². The van der Waals surface area contributed by atoms with Gasteiger partial charge >= 0.3 is 6.03 Å². The molecule has 5 heteroatoms. The molecule has 0 radical (unpaired) electrons. The minimum atomic E-state index is -0.152. The van der Waals surface area contributed by atoms with Crippen LogP contribution in [0.25, 0.3) is 0 Å². The molecule has 1 aromatic carbocycles. The van der Waals surface area contributed by atoms with E-state index in [1.165, 1.54) is 30.4 Å². The van der Waals surface area contributed by atoms with Crippen molar-refractivity contribution in [2.75, 3.05) is 19.7 Å². The lowest BCUT2D eigenvalue weighted by Gasteiger charge is -2.33. The summed E-state index contributed by atoms with van der Waals surface area (Å²) in [5, 5.41) is 15.2. The fourth-order valence-corrected chi connectivity index (χ4v) is 3.57. The van der Waals surface area contributed by atoms with Crippen LogP contribution in [0.2, 0.25) is 0 Å². The maximum atomic E-state index is 12.0. The number of aliphatic hydroxyl groups excluding tert-OH is 1. The summed E-state index contributed by atoms with van der Waals surface area (Å²) >= 11 is 0. The smallest absolute Gasteiger partial charge is 0.315 e. The second-order valence-electron chi connectivity index (χ2n) is 7.78. The van der Waals surface area contributed by atoms with Gasteiger partial charge < -0.3 is 15.7 Å². The summed E-state index contributed by atoms with van der Waals surface area (Å²) in [6.45, 7) is 5.67. The SMILES string of the molecule is CC1CCCCN1Cc1ccccc1CNC(=O)NCC1(CO)CC1. The Hall–Kier alpha value is -1.59. The predicted molar refractivity (Wildman–Crippen MR) is 99.2 cm³/mol. The van der Waals surface area contributed by atoms with Crippen LogP contribution in [0.4, 0.5) is 4.79 Å². The minimum absolute atomic E-state index is 0.0559. The number of nitrogens with one attached hydrogen (secondary N) is 2. The highest BCUT2D eigenvalue weighted by Gasteiger charge is 2.42. The summed E-state index contributed by atoms with van der Waals surface area (Å²) in [6, 6.07) is 8.85. The molecule has 1 heterocycles. The van der Waals surface area contributed by atoms with Crippen LogP contribution >= 0.6 is 0 Å². The van der Waals surface area contributed by atoms with Gasteiger partial charge in [0.2, 0.25) is 0 Å². The van der Waals surface area contributed by atoms with Crippen LogP contribution in [0.1, 0.15) is 50.2 Å². The molecular weight excluding hydrogens is 314 g/mol. The molecule has 0 bridgehead atoms. The Kier molecular flexibility index (Phi) is 5.97. The normalized spacial score (nSPS) is 22.4. The number of carbonyl (C=O) groups is 1. The van der Waals surface area contributed by atoms with Crippen molar-refractivity contribution in [1.82, 2.24) is 15.5 Å². The number of hydrogen-bond donors (Lipinski definition) is 3. The van der Waals surface area contributed by atoms with Crippen LogP contribution in [0.3, 0.4) is 0 Å². The quantitative estimate of drug-likeness (QED) is 0.712. The van der Waals surface area contributed by atoms with Gasteiger partial charge in [-0.3, -0.25) is 4.90 Å². The van der Waals surface area contributed by atoms with Crippen LogP contribution in [0, 0.1) is 5.41 Å². The monoisotopic (exact) mass is 345 g/mol. The standard InChI is InChI=1S/C20H31N3O2/c1-16-6-4-5-11-23(16)13-18-8-3-2-7-17(18)12-21-19(25)22-14-20(15-24)9-10-20/h2-3,7-8,16,24H,4-6,9-15H2,1H3,(H2,21,22,25). The third-order valence-electron chi connectivity index (χ3n) is 5.79. The Morgan fingerprint density at radius 1 is 1.24 bits per heavy atom. The van der Waals surface area contributed by atoms with Gasteiger partial charge in [0.1, 0.15) is 0 Å². The van der Waals surface area contributed by atoms with E-state index < -0.39 is 0 Å². The number of piperidine rings is 1. The topological polar surface area (TPSA) is 64.6 Å². The third kappa shape index (κ3) is 4.95. The number of benzene rings is 1. The number of hydrogen-bond acceptors (Lipinski definition) is 3. The van der Waals surface area contributed by atoms with Gasteiger partial charge in [-0.1, -0.05) is 30.7 Å². The molecule has 25 heavy (non-hydrogen) atoms. The molecule has 1 aliphatic heterocycles. The zero-order valence-corrected chi connectivity index (χ0v) is 15.3. The zero-order valence-electron chi connectivity index (χ0n) is 15.3. The van der Waals surface area contributed by atoms with Crippen molar-refractivity contribution in [2.24, 2.45) is 5.41 Å². The maximum absolute atomic E-state index is 12.0. The molecule has 1 unspecified atom stereocenters. The molecule has 138 valence electrons. The maximum Gasteiger partial charge on any atom is 0.315 e. The molecule has 1 atom stereocenters. The van der Waals surface area contributed by atoms with Crippen LogP contribution in [-0.2, 0) is 13.1 Å². The minimum Gasteiger partial charge on any atom is -0.396 e. The van der Waals surface area contributed by atoms with Crippen LogP contribution in [0.5, 0.6) is 0 Å². The summed E-state index contributed by atoms with van der Waals surface area (Å²) in [6.07, 6.45) is 5.88.